The predicted octanol–water partition coefficient (Wildman–Crippen LogP) is 1.86. The SMILES string of the molecule is CCOc1ccc(S(=O)(=O)N2CCC(Oc3nccnc3OC)C2)cc1F. The summed E-state index contributed by atoms with van der Waals surface area (Å²) in [6.45, 7) is 2.39. The standard InChI is InChI=1S/C17H20FN3O5S/c1-3-25-15-5-4-13(10-14(15)18)27(22,23)21-9-6-12(11-21)26-17-16(24-2)19-7-8-20-17/h4-5,7-8,10,12H,3,6,9,11H2,1-2H3. The van der Waals surface area contributed by atoms with E-state index in [4.69, 9.17) is 14.2 Å². The normalized spacial score (nSPS) is 17.7. The molecule has 0 N–H and O–H groups in total. The maximum Gasteiger partial charge on any atom is 0.278 e. The monoisotopic (exact) mass is 397 g/mol. The van der Waals surface area contributed by atoms with Crippen molar-refractivity contribution in [2.75, 3.05) is 26.8 Å². The quantitative estimate of drug-likeness (QED) is 0.704. The van der Waals surface area contributed by atoms with Gasteiger partial charge in [-0.05, 0) is 31.5 Å². The maximum absolute atomic E-state index is 14.0. The first-order valence-electron chi connectivity index (χ1n) is 8.40. The molecule has 3 rings (SSSR count). The van der Waals surface area contributed by atoms with Crippen LogP contribution in [0.15, 0.2) is 35.5 Å². The third-order valence-electron chi connectivity index (χ3n) is 4.05. The minimum Gasteiger partial charge on any atom is -0.491 e. The van der Waals surface area contributed by atoms with Crippen LogP contribution >= 0.6 is 0 Å². The number of hydrogen-bond donors (Lipinski definition) is 0. The molecule has 0 bridgehead atoms. The number of halogens is 1. The van der Waals surface area contributed by atoms with Gasteiger partial charge in [0.05, 0.1) is 25.2 Å². The van der Waals surface area contributed by atoms with Crippen LogP contribution in [-0.4, -0.2) is 55.6 Å². The first-order valence-corrected chi connectivity index (χ1v) is 9.84. The molecule has 1 aliphatic heterocycles. The summed E-state index contributed by atoms with van der Waals surface area (Å²) in [5, 5.41) is 0. The molecular formula is C17H20FN3O5S. The molecule has 1 aromatic heterocycles. The van der Waals surface area contributed by atoms with Crippen LogP contribution in [0.1, 0.15) is 13.3 Å². The summed E-state index contributed by atoms with van der Waals surface area (Å²) in [6, 6.07) is 3.63. The summed E-state index contributed by atoms with van der Waals surface area (Å²) >= 11 is 0. The molecule has 1 fully saturated rings. The van der Waals surface area contributed by atoms with E-state index in [-0.39, 0.29) is 35.5 Å². The Bertz CT molecular complexity index is 909. The van der Waals surface area contributed by atoms with Crippen LogP contribution in [0.2, 0.25) is 0 Å². The lowest BCUT2D eigenvalue weighted by Crippen LogP contribution is -2.31. The molecule has 1 unspecified atom stereocenters. The van der Waals surface area contributed by atoms with Crippen LogP contribution in [-0.2, 0) is 10.0 Å². The molecule has 146 valence electrons. The van der Waals surface area contributed by atoms with Crippen LogP contribution in [0.5, 0.6) is 17.5 Å². The lowest BCUT2D eigenvalue weighted by Gasteiger charge is -2.18. The van der Waals surface area contributed by atoms with Gasteiger partial charge in [0.1, 0.15) is 6.10 Å². The van der Waals surface area contributed by atoms with Crippen molar-refractivity contribution in [3.05, 3.63) is 36.4 Å². The summed E-state index contributed by atoms with van der Waals surface area (Å²) in [5.74, 6) is -0.258. The van der Waals surface area contributed by atoms with Gasteiger partial charge in [-0.2, -0.15) is 4.31 Å². The average molecular weight is 397 g/mol. The van der Waals surface area contributed by atoms with Gasteiger partial charge in [-0.3, -0.25) is 0 Å². The second kappa shape index (κ2) is 8.05. The van der Waals surface area contributed by atoms with Gasteiger partial charge in [0.15, 0.2) is 11.6 Å². The summed E-state index contributed by atoms with van der Waals surface area (Å²) in [5.41, 5.74) is 0. The van der Waals surface area contributed by atoms with E-state index in [0.717, 1.165) is 6.07 Å². The number of rotatable bonds is 7. The molecule has 0 radical (unpaired) electrons. The highest BCUT2D eigenvalue weighted by Gasteiger charge is 2.34. The third-order valence-corrected chi connectivity index (χ3v) is 5.91. The zero-order valence-corrected chi connectivity index (χ0v) is 15.8. The van der Waals surface area contributed by atoms with Gasteiger partial charge >= 0.3 is 0 Å². The first kappa shape index (κ1) is 19.3. The van der Waals surface area contributed by atoms with E-state index in [1.165, 1.54) is 35.9 Å². The zero-order valence-electron chi connectivity index (χ0n) is 15.0. The minimum absolute atomic E-state index is 0.0221. The van der Waals surface area contributed by atoms with Crippen molar-refractivity contribution in [1.82, 2.24) is 14.3 Å². The molecule has 0 saturated carbocycles. The van der Waals surface area contributed by atoms with Crippen LogP contribution in [0, 0.1) is 5.82 Å². The van der Waals surface area contributed by atoms with Gasteiger partial charge in [-0.25, -0.2) is 22.8 Å². The van der Waals surface area contributed by atoms with E-state index < -0.39 is 21.9 Å². The molecule has 1 saturated heterocycles. The highest BCUT2D eigenvalue weighted by Crippen LogP contribution is 2.28. The molecule has 0 amide bonds. The lowest BCUT2D eigenvalue weighted by molar-refractivity contribution is 0.194. The van der Waals surface area contributed by atoms with E-state index in [1.807, 2.05) is 0 Å². The number of methoxy groups -OCH3 is 1. The van der Waals surface area contributed by atoms with Crippen molar-refractivity contribution in [1.29, 1.82) is 0 Å². The van der Waals surface area contributed by atoms with Crippen LogP contribution in [0.4, 0.5) is 4.39 Å². The largest absolute Gasteiger partial charge is 0.491 e. The molecule has 1 aliphatic rings. The number of ether oxygens (including phenoxy) is 3. The molecule has 0 spiro atoms. The number of aromatic nitrogens is 2. The Kier molecular flexibility index (Phi) is 5.76. The molecule has 2 heterocycles. The van der Waals surface area contributed by atoms with Crippen molar-refractivity contribution in [3.63, 3.8) is 0 Å². The Labute approximate surface area is 157 Å². The third kappa shape index (κ3) is 4.11. The van der Waals surface area contributed by atoms with E-state index >= 15 is 0 Å². The smallest absolute Gasteiger partial charge is 0.278 e. The van der Waals surface area contributed by atoms with Crippen LogP contribution in [0.25, 0.3) is 0 Å². The Hall–Kier alpha value is -2.46. The Morgan fingerprint density at radius 1 is 1.26 bits per heavy atom. The molecule has 27 heavy (non-hydrogen) atoms. The van der Waals surface area contributed by atoms with Crippen LogP contribution in [0.3, 0.4) is 0 Å². The summed E-state index contributed by atoms with van der Waals surface area (Å²) in [7, 11) is -2.40. The van der Waals surface area contributed by atoms with Crippen molar-refractivity contribution in [2.24, 2.45) is 0 Å². The number of hydrogen-bond acceptors (Lipinski definition) is 7. The molecule has 10 heteroatoms. The van der Waals surface area contributed by atoms with Gasteiger partial charge in [-0.1, -0.05) is 0 Å². The first-order chi connectivity index (χ1) is 13.0. The summed E-state index contributed by atoms with van der Waals surface area (Å²) in [4.78, 5) is 7.92. The molecular weight excluding hydrogens is 377 g/mol. The Balaban J connectivity index is 1.73. The minimum atomic E-state index is -3.84. The Morgan fingerprint density at radius 3 is 2.67 bits per heavy atom. The fraction of sp³-hybridized carbons (Fsp3) is 0.412. The highest BCUT2D eigenvalue weighted by molar-refractivity contribution is 7.89. The van der Waals surface area contributed by atoms with Crippen LogP contribution < -0.4 is 14.2 Å². The van der Waals surface area contributed by atoms with E-state index in [1.54, 1.807) is 6.92 Å². The Morgan fingerprint density at radius 2 is 2.00 bits per heavy atom. The second-order valence-electron chi connectivity index (χ2n) is 5.79. The summed E-state index contributed by atoms with van der Waals surface area (Å²) in [6.07, 6.45) is 3.00. The van der Waals surface area contributed by atoms with Crippen molar-refractivity contribution < 1.29 is 27.0 Å². The molecule has 1 atom stereocenters. The topological polar surface area (TPSA) is 90.9 Å². The summed E-state index contributed by atoms with van der Waals surface area (Å²) < 4.78 is 56.8. The lowest BCUT2D eigenvalue weighted by atomic mass is 10.3. The van der Waals surface area contributed by atoms with Gasteiger partial charge in [0.25, 0.3) is 11.8 Å². The number of nitrogens with zero attached hydrogens (tertiary/aromatic N) is 3. The highest BCUT2D eigenvalue weighted by atomic mass is 32.2. The molecule has 8 nitrogen and oxygen atoms in total. The average Bonchev–Trinajstić information content (AvgIpc) is 3.13. The van der Waals surface area contributed by atoms with Gasteiger partial charge in [0.2, 0.25) is 10.0 Å². The molecule has 1 aromatic carbocycles. The van der Waals surface area contributed by atoms with Gasteiger partial charge in [-0.15, -0.1) is 0 Å². The second-order valence-corrected chi connectivity index (χ2v) is 7.73. The predicted molar refractivity (Wildman–Crippen MR) is 93.9 cm³/mol. The van der Waals surface area contributed by atoms with Gasteiger partial charge in [0, 0.05) is 18.9 Å². The van der Waals surface area contributed by atoms with Crippen molar-refractivity contribution in [2.45, 2.75) is 24.3 Å². The van der Waals surface area contributed by atoms with E-state index in [0.29, 0.717) is 13.0 Å². The number of sulfonamides is 1. The molecule has 2 aromatic rings. The zero-order chi connectivity index (χ0) is 19.4. The fourth-order valence-corrected chi connectivity index (χ4v) is 4.27. The fourth-order valence-electron chi connectivity index (χ4n) is 2.77. The van der Waals surface area contributed by atoms with Gasteiger partial charge < -0.3 is 14.2 Å². The van der Waals surface area contributed by atoms with Crippen molar-refractivity contribution >= 4 is 10.0 Å². The van der Waals surface area contributed by atoms with E-state index in [2.05, 4.69) is 9.97 Å². The molecule has 0 aliphatic carbocycles. The van der Waals surface area contributed by atoms with Crippen molar-refractivity contribution in [3.8, 4) is 17.5 Å². The number of benzene rings is 1. The van der Waals surface area contributed by atoms with E-state index in [9.17, 15) is 12.8 Å². The maximum atomic E-state index is 14.0.